The molecular formula is C21H19FN4O3. The number of hydrogen-bond acceptors (Lipinski definition) is 5. The third-order valence-corrected chi connectivity index (χ3v) is 5.05. The molecule has 2 aromatic carbocycles. The van der Waals surface area contributed by atoms with E-state index >= 15 is 0 Å². The highest BCUT2D eigenvalue weighted by molar-refractivity contribution is 5.90. The molecule has 2 aliphatic rings. The minimum atomic E-state index is -0.465. The van der Waals surface area contributed by atoms with Gasteiger partial charge in [-0.25, -0.2) is 9.18 Å². The van der Waals surface area contributed by atoms with Gasteiger partial charge in [0.1, 0.15) is 17.7 Å². The van der Waals surface area contributed by atoms with Crippen molar-refractivity contribution in [2.45, 2.75) is 24.9 Å². The van der Waals surface area contributed by atoms with Gasteiger partial charge in [0.2, 0.25) is 0 Å². The molecule has 0 spiro atoms. The van der Waals surface area contributed by atoms with Crippen molar-refractivity contribution in [1.82, 2.24) is 15.0 Å². The van der Waals surface area contributed by atoms with Crippen LogP contribution in [0.25, 0.3) is 11.5 Å². The lowest BCUT2D eigenvalue weighted by Crippen LogP contribution is -2.57. The van der Waals surface area contributed by atoms with Gasteiger partial charge in [0, 0.05) is 5.92 Å². The lowest BCUT2D eigenvalue weighted by Gasteiger charge is -2.39. The highest BCUT2D eigenvalue weighted by Gasteiger charge is 2.34. The smallest absolute Gasteiger partial charge is 0.322 e. The van der Waals surface area contributed by atoms with Gasteiger partial charge < -0.3 is 19.5 Å². The SMILES string of the molecule is O=C(Nc1ccccc1F)N1CC(Oc2ccccc2-c2nc(C3CC3)no2)C1. The summed E-state index contributed by atoms with van der Waals surface area (Å²) in [4.78, 5) is 18.3. The molecule has 0 atom stereocenters. The van der Waals surface area contributed by atoms with Crippen LogP contribution in [0.3, 0.4) is 0 Å². The molecule has 8 heteroatoms. The first kappa shape index (κ1) is 17.7. The van der Waals surface area contributed by atoms with Crippen LogP contribution in [0.1, 0.15) is 24.6 Å². The molecule has 1 aliphatic carbocycles. The molecule has 5 rings (SSSR count). The van der Waals surface area contributed by atoms with Crippen molar-refractivity contribution in [2.24, 2.45) is 0 Å². The number of aromatic nitrogens is 2. The molecule has 1 saturated carbocycles. The molecule has 7 nitrogen and oxygen atoms in total. The van der Waals surface area contributed by atoms with Gasteiger partial charge in [-0.3, -0.25) is 0 Å². The number of halogens is 1. The zero-order chi connectivity index (χ0) is 19.8. The molecule has 0 radical (unpaired) electrons. The molecule has 0 unspecified atom stereocenters. The number of carbonyl (C=O) groups is 1. The number of benzene rings is 2. The van der Waals surface area contributed by atoms with Crippen molar-refractivity contribution in [3.05, 3.63) is 60.2 Å². The molecule has 1 N–H and O–H groups in total. The normalized spacial score (nSPS) is 16.4. The van der Waals surface area contributed by atoms with Crippen LogP contribution in [0.4, 0.5) is 14.9 Å². The quantitative estimate of drug-likeness (QED) is 0.706. The van der Waals surface area contributed by atoms with Crippen molar-refractivity contribution in [1.29, 1.82) is 0 Å². The molecule has 0 bridgehead atoms. The van der Waals surface area contributed by atoms with Crippen molar-refractivity contribution in [3.63, 3.8) is 0 Å². The summed E-state index contributed by atoms with van der Waals surface area (Å²) in [6.45, 7) is 0.817. The number of para-hydroxylation sites is 2. The Balaban J connectivity index is 1.21. The summed E-state index contributed by atoms with van der Waals surface area (Å²) >= 11 is 0. The van der Waals surface area contributed by atoms with Gasteiger partial charge in [0.05, 0.1) is 24.3 Å². The zero-order valence-electron chi connectivity index (χ0n) is 15.5. The zero-order valence-corrected chi connectivity index (χ0v) is 15.5. The maximum absolute atomic E-state index is 13.7. The standard InChI is InChI=1S/C21H19FN4O3/c22-16-6-2-3-7-17(16)23-21(27)26-11-14(12-26)28-18-8-4-1-5-15(18)20-24-19(25-29-20)13-9-10-13/h1-8,13-14H,9-12H2,(H,23,27). The fourth-order valence-corrected chi connectivity index (χ4v) is 3.21. The molecule has 1 saturated heterocycles. The van der Waals surface area contributed by atoms with Gasteiger partial charge in [0.25, 0.3) is 5.89 Å². The van der Waals surface area contributed by atoms with Crippen LogP contribution < -0.4 is 10.1 Å². The average Bonchev–Trinajstić information content (AvgIpc) is 3.43. The Kier molecular flexibility index (Phi) is 4.38. The maximum Gasteiger partial charge on any atom is 0.322 e. The molecule has 1 aliphatic heterocycles. The van der Waals surface area contributed by atoms with Crippen LogP contribution >= 0.6 is 0 Å². The van der Waals surface area contributed by atoms with E-state index < -0.39 is 5.82 Å². The van der Waals surface area contributed by atoms with E-state index in [0.29, 0.717) is 30.6 Å². The highest BCUT2D eigenvalue weighted by atomic mass is 19.1. The Morgan fingerprint density at radius 2 is 1.90 bits per heavy atom. The summed E-state index contributed by atoms with van der Waals surface area (Å²) in [7, 11) is 0. The van der Waals surface area contributed by atoms with E-state index in [1.807, 2.05) is 24.3 Å². The second-order valence-electron chi connectivity index (χ2n) is 7.28. The van der Waals surface area contributed by atoms with Crippen LogP contribution in [-0.2, 0) is 0 Å². The molecule has 29 heavy (non-hydrogen) atoms. The predicted molar refractivity (Wildman–Crippen MR) is 103 cm³/mol. The molecular weight excluding hydrogens is 375 g/mol. The van der Waals surface area contributed by atoms with Gasteiger partial charge in [-0.05, 0) is 37.1 Å². The van der Waals surface area contributed by atoms with Crippen LogP contribution in [-0.4, -0.2) is 40.3 Å². The number of carbonyl (C=O) groups excluding carboxylic acids is 1. The van der Waals surface area contributed by atoms with Crippen LogP contribution in [0, 0.1) is 5.82 Å². The second-order valence-corrected chi connectivity index (χ2v) is 7.28. The topological polar surface area (TPSA) is 80.5 Å². The number of ether oxygens (including phenoxy) is 1. The predicted octanol–water partition coefficient (Wildman–Crippen LogP) is 4.05. The summed E-state index contributed by atoms with van der Waals surface area (Å²) in [5.41, 5.74) is 0.899. The summed E-state index contributed by atoms with van der Waals surface area (Å²) < 4.78 is 25.1. The largest absolute Gasteiger partial charge is 0.486 e. The van der Waals surface area contributed by atoms with Crippen LogP contribution in [0.2, 0.25) is 0 Å². The Morgan fingerprint density at radius 1 is 1.14 bits per heavy atom. The van der Waals surface area contributed by atoms with E-state index in [2.05, 4.69) is 15.5 Å². The molecule has 2 fully saturated rings. The minimum absolute atomic E-state index is 0.159. The van der Waals surface area contributed by atoms with Crippen LogP contribution in [0.15, 0.2) is 53.1 Å². The molecule has 2 amide bonds. The monoisotopic (exact) mass is 394 g/mol. The molecule has 2 heterocycles. The van der Waals surface area contributed by atoms with Gasteiger partial charge in [-0.15, -0.1) is 0 Å². The van der Waals surface area contributed by atoms with E-state index in [-0.39, 0.29) is 17.8 Å². The number of rotatable bonds is 5. The van der Waals surface area contributed by atoms with E-state index in [1.165, 1.54) is 12.1 Å². The summed E-state index contributed by atoms with van der Waals surface area (Å²) in [5, 5.41) is 6.63. The fourth-order valence-electron chi connectivity index (χ4n) is 3.21. The van der Waals surface area contributed by atoms with Gasteiger partial charge in [-0.2, -0.15) is 4.98 Å². The Labute approximate surface area is 166 Å². The van der Waals surface area contributed by atoms with Crippen LogP contribution in [0.5, 0.6) is 5.75 Å². The van der Waals surface area contributed by atoms with Crippen molar-refractivity contribution >= 4 is 11.7 Å². The molecule has 3 aromatic rings. The van der Waals surface area contributed by atoms with Crippen molar-refractivity contribution in [3.8, 4) is 17.2 Å². The molecule has 148 valence electrons. The number of anilines is 1. The Hall–Kier alpha value is -3.42. The highest BCUT2D eigenvalue weighted by Crippen LogP contribution is 2.39. The first-order valence-electron chi connectivity index (χ1n) is 9.57. The van der Waals surface area contributed by atoms with E-state index in [9.17, 15) is 9.18 Å². The number of nitrogens with zero attached hydrogens (tertiary/aromatic N) is 3. The second kappa shape index (κ2) is 7.20. The van der Waals surface area contributed by atoms with Gasteiger partial charge in [0.15, 0.2) is 5.82 Å². The fraction of sp³-hybridized carbons (Fsp3) is 0.286. The first-order valence-corrected chi connectivity index (χ1v) is 9.57. The number of hydrogen-bond donors (Lipinski definition) is 1. The minimum Gasteiger partial charge on any atom is -0.486 e. The first-order chi connectivity index (χ1) is 14.2. The average molecular weight is 394 g/mol. The third-order valence-electron chi connectivity index (χ3n) is 5.05. The summed E-state index contributed by atoms with van der Waals surface area (Å²) in [6, 6.07) is 13.2. The number of likely N-dealkylation sites (tertiary alicyclic amines) is 1. The summed E-state index contributed by atoms with van der Waals surface area (Å²) in [5.74, 6) is 1.77. The van der Waals surface area contributed by atoms with E-state index in [0.717, 1.165) is 24.2 Å². The third kappa shape index (κ3) is 3.65. The van der Waals surface area contributed by atoms with E-state index in [4.69, 9.17) is 9.26 Å². The number of urea groups is 1. The maximum atomic E-state index is 13.7. The van der Waals surface area contributed by atoms with Gasteiger partial charge >= 0.3 is 6.03 Å². The van der Waals surface area contributed by atoms with Gasteiger partial charge in [-0.1, -0.05) is 29.4 Å². The lowest BCUT2D eigenvalue weighted by atomic mass is 10.1. The Bertz CT molecular complexity index is 1040. The number of nitrogens with one attached hydrogen (secondary N) is 1. The van der Waals surface area contributed by atoms with Crippen molar-refractivity contribution in [2.75, 3.05) is 18.4 Å². The number of amides is 2. The van der Waals surface area contributed by atoms with Crippen molar-refractivity contribution < 1.29 is 18.4 Å². The lowest BCUT2D eigenvalue weighted by molar-refractivity contribution is 0.0495. The van der Waals surface area contributed by atoms with E-state index in [1.54, 1.807) is 17.0 Å². The molecule has 1 aromatic heterocycles. The Morgan fingerprint density at radius 3 is 2.69 bits per heavy atom. The summed E-state index contributed by atoms with van der Waals surface area (Å²) in [6.07, 6.45) is 2.04.